The first-order valence-corrected chi connectivity index (χ1v) is 9.25. The Labute approximate surface area is 134 Å². The molecule has 0 spiro atoms. The molecule has 7 heteroatoms. The predicted octanol–water partition coefficient (Wildman–Crippen LogP) is 2.21. The smallest absolute Gasteiger partial charge is 0.246 e. The molecule has 1 unspecified atom stereocenters. The third-order valence-electron chi connectivity index (χ3n) is 3.74. The molecule has 0 amide bonds. The van der Waals surface area contributed by atoms with Crippen LogP contribution in [0.15, 0.2) is 27.6 Å². The van der Waals surface area contributed by atoms with Crippen LogP contribution in [0.4, 0.5) is 0 Å². The summed E-state index contributed by atoms with van der Waals surface area (Å²) in [6.07, 6.45) is 2.08. The standard InChI is InChI=1S/C14H21BrN2O3S/c1-3-20-13-7-6-11(15)8-14(13)21(18,19)17(2)12(9-16)10-4-5-10/h6-8,10,12H,3-5,9,16H2,1-2H3. The van der Waals surface area contributed by atoms with Crippen molar-refractivity contribution in [1.29, 1.82) is 0 Å². The largest absolute Gasteiger partial charge is 0.492 e. The zero-order valence-corrected chi connectivity index (χ0v) is 14.7. The SMILES string of the molecule is CCOc1ccc(Br)cc1S(=O)(=O)N(C)C(CN)C1CC1. The first-order chi connectivity index (χ1) is 9.91. The topological polar surface area (TPSA) is 72.6 Å². The van der Waals surface area contributed by atoms with Crippen LogP contribution in [0.25, 0.3) is 0 Å². The van der Waals surface area contributed by atoms with Crippen LogP contribution >= 0.6 is 15.9 Å². The van der Waals surface area contributed by atoms with E-state index in [1.807, 2.05) is 6.92 Å². The van der Waals surface area contributed by atoms with E-state index in [0.29, 0.717) is 29.3 Å². The molecule has 0 aromatic heterocycles. The second-order valence-corrected chi connectivity index (χ2v) is 8.07. The highest BCUT2D eigenvalue weighted by atomic mass is 79.9. The molecule has 0 radical (unpaired) electrons. The molecule has 0 bridgehead atoms. The summed E-state index contributed by atoms with van der Waals surface area (Å²) in [5.74, 6) is 0.747. The number of sulfonamides is 1. The van der Waals surface area contributed by atoms with E-state index >= 15 is 0 Å². The van der Waals surface area contributed by atoms with Crippen LogP contribution in [0.5, 0.6) is 5.75 Å². The van der Waals surface area contributed by atoms with Crippen LogP contribution < -0.4 is 10.5 Å². The molecule has 118 valence electrons. The lowest BCUT2D eigenvalue weighted by atomic mass is 10.2. The van der Waals surface area contributed by atoms with E-state index in [9.17, 15) is 8.42 Å². The second-order valence-electron chi connectivity index (χ2n) is 5.19. The summed E-state index contributed by atoms with van der Waals surface area (Å²) < 4.78 is 33.3. The van der Waals surface area contributed by atoms with Gasteiger partial charge in [0.15, 0.2) is 0 Å². The van der Waals surface area contributed by atoms with Crippen LogP contribution in [-0.2, 0) is 10.0 Å². The third kappa shape index (κ3) is 3.59. The lowest BCUT2D eigenvalue weighted by Gasteiger charge is -2.27. The summed E-state index contributed by atoms with van der Waals surface area (Å²) in [6.45, 7) is 2.57. The number of nitrogens with two attached hydrogens (primary N) is 1. The van der Waals surface area contributed by atoms with Crippen molar-refractivity contribution in [1.82, 2.24) is 4.31 Å². The highest BCUT2D eigenvalue weighted by Gasteiger charge is 2.39. The van der Waals surface area contributed by atoms with Crippen molar-refractivity contribution in [3.05, 3.63) is 22.7 Å². The zero-order chi connectivity index (χ0) is 15.6. The minimum absolute atomic E-state index is 0.150. The molecule has 5 nitrogen and oxygen atoms in total. The fourth-order valence-corrected chi connectivity index (χ4v) is 4.51. The van der Waals surface area contributed by atoms with Crippen LogP contribution in [-0.4, -0.2) is 39.0 Å². The molecule has 21 heavy (non-hydrogen) atoms. The second kappa shape index (κ2) is 6.64. The summed E-state index contributed by atoms with van der Waals surface area (Å²) in [6, 6.07) is 4.87. The molecule has 2 rings (SSSR count). The first-order valence-electron chi connectivity index (χ1n) is 7.02. The van der Waals surface area contributed by atoms with Gasteiger partial charge in [-0.1, -0.05) is 15.9 Å². The zero-order valence-electron chi connectivity index (χ0n) is 12.3. The van der Waals surface area contributed by atoms with E-state index in [1.54, 1.807) is 25.2 Å². The normalized spacial score (nSPS) is 17.0. The van der Waals surface area contributed by atoms with Crippen molar-refractivity contribution in [3.8, 4) is 5.75 Å². The molecule has 0 saturated heterocycles. The number of nitrogens with zero attached hydrogens (tertiary/aromatic N) is 1. The summed E-state index contributed by atoms with van der Waals surface area (Å²) in [4.78, 5) is 0.181. The molecule has 1 aliphatic rings. The van der Waals surface area contributed by atoms with E-state index in [2.05, 4.69) is 15.9 Å². The van der Waals surface area contributed by atoms with Gasteiger partial charge in [-0.25, -0.2) is 8.42 Å². The summed E-state index contributed by atoms with van der Waals surface area (Å²) in [5.41, 5.74) is 5.77. The van der Waals surface area contributed by atoms with Crippen molar-refractivity contribution in [3.63, 3.8) is 0 Å². The van der Waals surface area contributed by atoms with E-state index in [4.69, 9.17) is 10.5 Å². The molecule has 1 aliphatic carbocycles. The van der Waals surface area contributed by atoms with Gasteiger partial charge in [0, 0.05) is 24.1 Å². The predicted molar refractivity (Wildman–Crippen MR) is 85.8 cm³/mol. The van der Waals surface area contributed by atoms with Gasteiger partial charge in [-0.2, -0.15) is 4.31 Å². The first kappa shape index (κ1) is 16.7. The Morgan fingerprint density at radius 3 is 2.67 bits per heavy atom. The summed E-state index contributed by atoms with van der Waals surface area (Å²) in [5, 5.41) is 0. The van der Waals surface area contributed by atoms with Crippen molar-refractivity contribution in [2.45, 2.75) is 30.7 Å². The van der Waals surface area contributed by atoms with E-state index in [1.165, 1.54) is 4.31 Å². The van der Waals surface area contributed by atoms with Crippen molar-refractivity contribution in [2.24, 2.45) is 11.7 Å². The fourth-order valence-electron chi connectivity index (χ4n) is 2.41. The Morgan fingerprint density at radius 1 is 1.48 bits per heavy atom. The molecule has 0 heterocycles. The minimum Gasteiger partial charge on any atom is -0.492 e. The highest BCUT2D eigenvalue weighted by molar-refractivity contribution is 9.10. The highest BCUT2D eigenvalue weighted by Crippen LogP contribution is 2.38. The van der Waals surface area contributed by atoms with Crippen molar-refractivity contribution < 1.29 is 13.2 Å². The number of hydrogen-bond acceptors (Lipinski definition) is 4. The van der Waals surface area contributed by atoms with Gasteiger partial charge >= 0.3 is 0 Å². The quantitative estimate of drug-likeness (QED) is 0.791. The van der Waals surface area contributed by atoms with Gasteiger partial charge in [0.2, 0.25) is 10.0 Å². The molecule has 1 fully saturated rings. The van der Waals surface area contributed by atoms with Gasteiger partial charge in [-0.05, 0) is 43.9 Å². The Kier molecular flexibility index (Phi) is 5.29. The van der Waals surface area contributed by atoms with Crippen molar-refractivity contribution in [2.75, 3.05) is 20.2 Å². The average Bonchev–Trinajstić information content (AvgIpc) is 3.26. The van der Waals surface area contributed by atoms with Gasteiger partial charge in [0.25, 0.3) is 0 Å². The molecular formula is C14H21BrN2O3S. The number of rotatable bonds is 7. The Hall–Kier alpha value is -0.630. The van der Waals surface area contributed by atoms with Gasteiger partial charge in [0.05, 0.1) is 6.61 Å². The Balaban J connectivity index is 2.40. The maximum Gasteiger partial charge on any atom is 0.246 e. The summed E-state index contributed by atoms with van der Waals surface area (Å²) in [7, 11) is -2.03. The van der Waals surface area contributed by atoms with Gasteiger partial charge in [0.1, 0.15) is 10.6 Å². The van der Waals surface area contributed by atoms with Gasteiger partial charge in [-0.3, -0.25) is 0 Å². The van der Waals surface area contributed by atoms with E-state index < -0.39 is 10.0 Å². The van der Waals surface area contributed by atoms with Crippen LogP contribution in [0.3, 0.4) is 0 Å². The molecule has 1 aromatic carbocycles. The third-order valence-corrected chi connectivity index (χ3v) is 6.13. The summed E-state index contributed by atoms with van der Waals surface area (Å²) >= 11 is 3.32. The van der Waals surface area contributed by atoms with Crippen molar-refractivity contribution >= 4 is 26.0 Å². The molecule has 1 saturated carbocycles. The lowest BCUT2D eigenvalue weighted by molar-refractivity contribution is 0.321. The van der Waals surface area contributed by atoms with Gasteiger partial charge < -0.3 is 10.5 Å². The van der Waals surface area contributed by atoms with E-state index in [0.717, 1.165) is 12.8 Å². The van der Waals surface area contributed by atoms with E-state index in [-0.39, 0.29) is 10.9 Å². The minimum atomic E-state index is -3.63. The number of halogens is 1. The number of hydrogen-bond donors (Lipinski definition) is 1. The maximum absolute atomic E-state index is 12.9. The monoisotopic (exact) mass is 376 g/mol. The number of likely N-dealkylation sites (N-methyl/N-ethyl adjacent to an activating group) is 1. The molecule has 2 N–H and O–H groups in total. The molecular weight excluding hydrogens is 356 g/mol. The van der Waals surface area contributed by atoms with Gasteiger partial charge in [-0.15, -0.1) is 0 Å². The van der Waals surface area contributed by atoms with Crippen LogP contribution in [0.2, 0.25) is 0 Å². The number of benzene rings is 1. The fraction of sp³-hybridized carbons (Fsp3) is 0.571. The Bertz CT molecular complexity index is 602. The average molecular weight is 377 g/mol. The van der Waals surface area contributed by atoms with Crippen LogP contribution in [0, 0.1) is 5.92 Å². The lowest BCUT2D eigenvalue weighted by Crippen LogP contribution is -2.43. The molecule has 1 atom stereocenters. The Morgan fingerprint density at radius 2 is 2.14 bits per heavy atom. The molecule has 0 aliphatic heterocycles. The maximum atomic E-state index is 12.9. The number of ether oxygens (including phenoxy) is 1. The van der Waals surface area contributed by atoms with Crippen LogP contribution in [0.1, 0.15) is 19.8 Å². The molecule has 1 aromatic rings.